The molecule has 4 rings (SSSR count). The van der Waals surface area contributed by atoms with E-state index in [4.69, 9.17) is 11.1 Å². The number of nitrogens with one attached hydrogen (secondary N) is 2. The van der Waals surface area contributed by atoms with Gasteiger partial charge in [0.05, 0.1) is 5.71 Å². The molecule has 1 fully saturated rings. The number of nitrogens with zero attached hydrogens (tertiary/aromatic N) is 3. The molecular weight excluding hydrogens is 352 g/mol. The van der Waals surface area contributed by atoms with E-state index in [9.17, 15) is 4.79 Å². The summed E-state index contributed by atoms with van der Waals surface area (Å²) in [4.78, 5) is 21.1. The summed E-state index contributed by atoms with van der Waals surface area (Å²) in [6, 6.07) is 7.66. The smallest absolute Gasteiger partial charge is 0.322 e. The average Bonchev–Trinajstić information content (AvgIpc) is 3.05. The van der Waals surface area contributed by atoms with E-state index in [2.05, 4.69) is 22.2 Å². The third kappa shape index (κ3) is 3.33. The summed E-state index contributed by atoms with van der Waals surface area (Å²) in [6.07, 6.45) is 0.979. The lowest BCUT2D eigenvalue weighted by atomic mass is 9.96. The van der Waals surface area contributed by atoms with Gasteiger partial charge in [-0.3, -0.25) is 10.4 Å². The molecule has 2 aliphatic rings. The van der Waals surface area contributed by atoms with Gasteiger partial charge in [-0.1, -0.05) is 0 Å². The minimum Gasteiger partial charge on any atom is -0.398 e. The molecule has 2 amide bonds. The fraction of sp³-hybridized carbons (Fsp3) is 0.381. The molecule has 1 aromatic heterocycles. The number of amides is 2. The van der Waals surface area contributed by atoms with Gasteiger partial charge in [0.1, 0.15) is 0 Å². The van der Waals surface area contributed by atoms with E-state index in [1.807, 2.05) is 36.9 Å². The van der Waals surface area contributed by atoms with Crippen LogP contribution in [-0.4, -0.2) is 52.7 Å². The van der Waals surface area contributed by atoms with Gasteiger partial charge in [0.25, 0.3) is 0 Å². The number of nitrogen functional groups attached to an aromatic ring is 1. The normalized spacial score (nSPS) is 19.5. The lowest BCUT2D eigenvalue weighted by Gasteiger charge is -2.34. The Balaban J connectivity index is 1.67. The van der Waals surface area contributed by atoms with Crippen LogP contribution in [0.1, 0.15) is 34.5 Å². The quantitative estimate of drug-likeness (QED) is 0.565. The van der Waals surface area contributed by atoms with Gasteiger partial charge in [-0.15, -0.1) is 0 Å². The number of benzene rings is 1. The number of likely N-dealkylation sites (N-methyl/N-ethyl adjacent to an activating group) is 1. The van der Waals surface area contributed by atoms with Crippen molar-refractivity contribution in [2.75, 3.05) is 31.2 Å². The van der Waals surface area contributed by atoms with Crippen LogP contribution in [0.5, 0.6) is 0 Å². The number of fused-ring (bicyclic) bond motifs is 1. The van der Waals surface area contributed by atoms with Crippen LogP contribution in [0.2, 0.25) is 0 Å². The van der Waals surface area contributed by atoms with Gasteiger partial charge in [0.15, 0.2) is 0 Å². The van der Waals surface area contributed by atoms with E-state index in [0.29, 0.717) is 23.5 Å². The number of pyridine rings is 1. The van der Waals surface area contributed by atoms with Gasteiger partial charge in [-0.05, 0) is 63.7 Å². The first-order chi connectivity index (χ1) is 13.3. The molecule has 3 heterocycles. The minimum atomic E-state index is -0.0737. The zero-order chi connectivity index (χ0) is 20.0. The molecule has 7 heteroatoms. The predicted octanol–water partition coefficient (Wildman–Crippen LogP) is 2.75. The molecule has 0 saturated carbocycles. The van der Waals surface area contributed by atoms with Crippen molar-refractivity contribution in [3.63, 3.8) is 0 Å². The van der Waals surface area contributed by atoms with Crippen molar-refractivity contribution >= 4 is 23.1 Å². The second-order valence-corrected chi connectivity index (χ2v) is 7.87. The molecule has 2 aromatic rings. The molecule has 146 valence electrons. The van der Waals surface area contributed by atoms with Crippen molar-refractivity contribution in [1.82, 2.24) is 14.8 Å². The first-order valence-corrected chi connectivity index (χ1v) is 9.55. The number of hydrogen-bond donors (Lipinski definition) is 3. The molecule has 28 heavy (non-hydrogen) atoms. The Morgan fingerprint density at radius 3 is 2.61 bits per heavy atom. The molecule has 1 saturated heterocycles. The molecule has 1 atom stereocenters. The average molecular weight is 378 g/mol. The molecule has 2 aliphatic heterocycles. The van der Waals surface area contributed by atoms with Gasteiger partial charge in [-0.25, -0.2) is 4.79 Å². The highest BCUT2D eigenvalue weighted by atomic mass is 16.2. The number of rotatable bonds is 3. The number of likely N-dealkylation sites (tertiary alicyclic amines) is 1. The molecule has 0 radical (unpaired) electrons. The topological polar surface area (TPSA) is 98.3 Å². The molecular formula is C21H26N6O. The largest absolute Gasteiger partial charge is 0.398 e. The Hall–Kier alpha value is -2.93. The van der Waals surface area contributed by atoms with Gasteiger partial charge < -0.3 is 20.9 Å². The first-order valence-electron chi connectivity index (χ1n) is 9.55. The molecule has 1 unspecified atom stereocenters. The first kappa shape index (κ1) is 18.4. The van der Waals surface area contributed by atoms with Crippen LogP contribution in [0.15, 0.2) is 24.3 Å². The number of urea groups is 1. The maximum atomic E-state index is 12.6. The van der Waals surface area contributed by atoms with Gasteiger partial charge >= 0.3 is 6.03 Å². The number of aryl methyl sites for hydroxylation is 2. The zero-order valence-electron chi connectivity index (χ0n) is 16.5. The van der Waals surface area contributed by atoms with Crippen molar-refractivity contribution in [3.05, 3.63) is 52.3 Å². The summed E-state index contributed by atoms with van der Waals surface area (Å²) in [7, 11) is 2.08. The lowest BCUT2D eigenvalue weighted by Crippen LogP contribution is -2.46. The summed E-state index contributed by atoms with van der Waals surface area (Å²) < 4.78 is 0. The van der Waals surface area contributed by atoms with Crippen LogP contribution in [0.25, 0.3) is 0 Å². The molecule has 4 N–H and O–H groups in total. The Labute approximate surface area is 165 Å². The summed E-state index contributed by atoms with van der Waals surface area (Å²) in [5.41, 5.74) is 12.1. The third-order valence-corrected chi connectivity index (χ3v) is 5.57. The highest BCUT2D eigenvalue weighted by Gasteiger charge is 2.33. The van der Waals surface area contributed by atoms with Crippen molar-refractivity contribution in [2.45, 2.75) is 32.9 Å². The Morgan fingerprint density at radius 2 is 1.96 bits per heavy atom. The SMILES string of the molecule is Cc1cc(C(=N)c2cc3c(cc2N)NC(=O)N(C2CCN(C)C2)C3)cc(C)n1. The van der Waals surface area contributed by atoms with Gasteiger partial charge in [0.2, 0.25) is 0 Å². The standard InChI is InChI=1S/C21H26N6O/c1-12-6-14(7-13(2)24-12)20(23)17-8-15-10-27(16-4-5-26(3)11-16)21(28)25-19(15)9-18(17)22/h6-9,16,23H,4-5,10-11,22H2,1-3H3,(H,25,28). The maximum Gasteiger partial charge on any atom is 0.322 e. The van der Waals surface area contributed by atoms with Crippen molar-refractivity contribution in [3.8, 4) is 0 Å². The highest BCUT2D eigenvalue weighted by molar-refractivity contribution is 6.14. The second kappa shape index (κ2) is 6.91. The van der Waals surface area contributed by atoms with E-state index in [0.717, 1.165) is 47.7 Å². The van der Waals surface area contributed by atoms with Crippen molar-refractivity contribution in [1.29, 1.82) is 5.41 Å². The minimum absolute atomic E-state index is 0.0737. The summed E-state index contributed by atoms with van der Waals surface area (Å²) in [5, 5.41) is 11.7. The maximum absolute atomic E-state index is 12.6. The molecule has 0 bridgehead atoms. The number of anilines is 2. The number of hydrogen-bond acceptors (Lipinski definition) is 5. The van der Waals surface area contributed by atoms with Crippen LogP contribution in [0.3, 0.4) is 0 Å². The fourth-order valence-electron chi connectivity index (χ4n) is 4.16. The van der Waals surface area contributed by atoms with Crippen LogP contribution in [0.4, 0.5) is 16.2 Å². The van der Waals surface area contributed by atoms with Crippen LogP contribution in [0, 0.1) is 19.3 Å². The number of aromatic nitrogens is 1. The fourth-order valence-corrected chi connectivity index (χ4v) is 4.16. The van der Waals surface area contributed by atoms with E-state index in [-0.39, 0.29) is 12.1 Å². The van der Waals surface area contributed by atoms with E-state index < -0.39 is 0 Å². The molecule has 7 nitrogen and oxygen atoms in total. The van der Waals surface area contributed by atoms with Crippen molar-refractivity contribution < 1.29 is 4.79 Å². The van der Waals surface area contributed by atoms with E-state index >= 15 is 0 Å². The molecule has 0 aliphatic carbocycles. The Kier molecular flexibility index (Phi) is 4.55. The van der Waals surface area contributed by atoms with Crippen LogP contribution >= 0.6 is 0 Å². The van der Waals surface area contributed by atoms with Crippen molar-refractivity contribution in [2.24, 2.45) is 0 Å². The monoisotopic (exact) mass is 378 g/mol. The van der Waals surface area contributed by atoms with Crippen LogP contribution < -0.4 is 11.1 Å². The Morgan fingerprint density at radius 1 is 1.25 bits per heavy atom. The Bertz CT molecular complexity index is 949. The lowest BCUT2D eigenvalue weighted by molar-refractivity contribution is 0.181. The number of carbonyl (C=O) groups is 1. The summed E-state index contributed by atoms with van der Waals surface area (Å²) in [6.45, 7) is 6.27. The third-order valence-electron chi connectivity index (χ3n) is 5.57. The number of carbonyl (C=O) groups excluding carboxylic acids is 1. The highest BCUT2D eigenvalue weighted by Crippen LogP contribution is 2.32. The predicted molar refractivity (Wildman–Crippen MR) is 111 cm³/mol. The molecule has 1 aromatic carbocycles. The molecule has 0 spiro atoms. The van der Waals surface area contributed by atoms with Gasteiger partial charge in [0, 0.05) is 53.0 Å². The summed E-state index contributed by atoms with van der Waals surface area (Å²) in [5.74, 6) is 0. The van der Waals surface area contributed by atoms with E-state index in [1.54, 1.807) is 6.07 Å². The second-order valence-electron chi connectivity index (χ2n) is 7.87. The zero-order valence-corrected chi connectivity index (χ0v) is 16.5. The van der Waals surface area contributed by atoms with Crippen LogP contribution in [-0.2, 0) is 6.54 Å². The van der Waals surface area contributed by atoms with Gasteiger partial charge in [-0.2, -0.15) is 0 Å². The number of nitrogens with two attached hydrogens (primary N) is 1. The van der Waals surface area contributed by atoms with E-state index in [1.165, 1.54) is 0 Å². The summed E-state index contributed by atoms with van der Waals surface area (Å²) >= 11 is 0.